The van der Waals surface area contributed by atoms with Crippen LogP contribution in [0.4, 0.5) is 0 Å². The fourth-order valence-electron chi connectivity index (χ4n) is 1.64. The Morgan fingerprint density at radius 2 is 1.86 bits per heavy atom. The van der Waals surface area contributed by atoms with Gasteiger partial charge in [-0.2, -0.15) is 0 Å². The van der Waals surface area contributed by atoms with E-state index in [9.17, 15) is 0 Å². The van der Waals surface area contributed by atoms with Gasteiger partial charge in [0.25, 0.3) is 0 Å². The molecule has 1 saturated heterocycles. The second kappa shape index (κ2) is 5.13. The summed E-state index contributed by atoms with van der Waals surface area (Å²) in [6.45, 7) is 12.8. The van der Waals surface area contributed by atoms with Crippen molar-refractivity contribution in [2.75, 3.05) is 19.6 Å². The monoisotopic (exact) mass is 198 g/mol. The van der Waals surface area contributed by atoms with Crippen LogP contribution in [0.15, 0.2) is 0 Å². The summed E-state index contributed by atoms with van der Waals surface area (Å²) in [7, 11) is 0. The molecule has 14 heavy (non-hydrogen) atoms. The highest BCUT2D eigenvalue weighted by molar-refractivity contribution is 4.80. The zero-order valence-corrected chi connectivity index (χ0v) is 10.2. The summed E-state index contributed by atoms with van der Waals surface area (Å²) in [5.41, 5.74) is 0.422. The van der Waals surface area contributed by atoms with E-state index in [4.69, 9.17) is 0 Å². The van der Waals surface area contributed by atoms with Gasteiger partial charge in [-0.05, 0) is 37.3 Å². The Balaban J connectivity index is 2.24. The highest BCUT2D eigenvalue weighted by Crippen LogP contribution is 2.25. The van der Waals surface area contributed by atoms with E-state index in [1.165, 1.54) is 25.9 Å². The Morgan fingerprint density at radius 1 is 1.29 bits per heavy atom. The van der Waals surface area contributed by atoms with Crippen LogP contribution in [0.1, 0.15) is 40.5 Å². The molecule has 2 heteroatoms. The minimum atomic E-state index is 0.422. The SMILES string of the molecule is CC(C)C(C)(C)CNC1CCNCC1. The zero-order chi connectivity index (χ0) is 10.6. The first-order chi connectivity index (χ1) is 6.52. The average molecular weight is 198 g/mol. The van der Waals surface area contributed by atoms with Gasteiger partial charge in [-0.25, -0.2) is 0 Å². The van der Waals surface area contributed by atoms with Gasteiger partial charge in [0.15, 0.2) is 0 Å². The Kier molecular flexibility index (Phi) is 4.39. The van der Waals surface area contributed by atoms with E-state index in [2.05, 4.69) is 38.3 Å². The predicted molar refractivity (Wildman–Crippen MR) is 62.5 cm³/mol. The average Bonchev–Trinajstić information content (AvgIpc) is 2.16. The highest BCUT2D eigenvalue weighted by atomic mass is 15.0. The van der Waals surface area contributed by atoms with Crippen LogP contribution >= 0.6 is 0 Å². The fraction of sp³-hybridized carbons (Fsp3) is 1.00. The quantitative estimate of drug-likeness (QED) is 0.722. The zero-order valence-electron chi connectivity index (χ0n) is 10.2. The van der Waals surface area contributed by atoms with Crippen LogP contribution in [0.5, 0.6) is 0 Å². The van der Waals surface area contributed by atoms with E-state index in [1.807, 2.05) is 0 Å². The Hall–Kier alpha value is -0.0800. The molecule has 2 N–H and O–H groups in total. The Labute approximate surface area is 88.8 Å². The van der Waals surface area contributed by atoms with Gasteiger partial charge in [-0.3, -0.25) is 0 Å². The maximum atomic E-state index is 3.70. The van der Waals surface area contributed by atoms with Crippen LogP contribution in [-0.2, 0) is 0 Å². The summed E-state index contributed by atoms with van der Waals surface area (Å²) < 4.78 is 0. The lowest BCUT2D eigenvalue weighted by Gasteiger charge is -2.33. The smallest absolute Gasteiger partial charge is 0.00914 e. The van der Waals surface area contributed by atoms with Crippen LogP contribution < -0.4 is 10.6 Å². The molecule has 0 radical (unpaired) electrons. The maximum Gasteiger partial charge on any atom is 0.00914 e. The van der Waals surface area contributed by atoms with Crippen LogP contribution in [0.25, 0.3) is 0 Å². The standard InChI is InChI=1S/C12H26N2/c1-10(2)12(3,4)9-14-11-5-7-13-8-6-11/h10-11,13-14H,5-9H2,1-4H3. The molecule has 0 atom stereocenters. The lowest BCUT2D eigenvalue weighted by molar-refractivity contribution is 0.219. The summed E-state index contributed by atoms with van der Waals surface area (Å²) in [5, 5.41) is 7.10. The molecule has 0 aliphatic carbocycles. The minimum absolute atomic E-state index is 0.422. The first-order valence-electron chi connectivity index (χ1n) is 5.96. The molecule has 0 aromatic rings. The Bertz CT molecular complexity index is 158. The summed E-state index contributed by atoms with van der Waals surface area (Å²) in [5.74, 6) is 0.747. The molecule has 0 saturated carbocycles. The van der Waals surface area contributed by atoms with Gasteiger partial charge in [-0.1, -0.05) is 27.7 Å². The van der Waals surface area contributed by atoms with Crippen molar-refractivity contribution in [2.45, 2.75) is 46.6 Å². The van der Waals surface area contributed by atoms with Crippen molar-refractivity contribution in [3.05, 3.63) is 0 Å². The third-order valence-corrected chi connectivity index (χ3v) is 3.75. The molecule has 1 fully saturated rings. The second-order valence-electron chi connectivity index (χ2n) is 5.55. The summed E-state index contributed by atoms with van der Waals surface area (Å²) in [6.07, 6.45) is 2.57. The molecule has 1 rings (SSSR count). The van der Waals surface area contributed by atoms with Gasteiger partial charge in [0, 0.05) is 12.6 Å². The van der Waals surface area contributed by atoms with E-state index in [1.54, 1.807) is 0 Å². The molecule has 2 nitrogen and oxygen atoms in total. The third kappa shape index (κ3) is 3.58. The number of hydrogen-bond donors (Lipinski definition) is 2. The molecule has 0 spiro atoms. The molecule has 0 aromatic carbocycles. The number of nitrogens with one attached hydrogen (secondary N) is 2. The van der Waals surface area contributed by atoms with Crippen molar-refractivity contribution in [1.29, 1.82) is 0 Å². The van der Waals surface area contributed by atoms with Crippen LogP contribution in [0.3, 0.4) is 0 Å². The minimum Gasteiger partial charge on any atom is -0.317 e. The summed E-state index contributed by atoms with van der Waals surface area (Å²) in [6, 6.07) is 0.745. The maximum absolute atomic E-state index is 3.70. The van der Waals surface area contributed by atoms with Gasteiger partial charge in [0.2, 0.25) is 0 Å². The van der Waals surface area contributed by atoms with E-state index in [0.29, 0.717) is 5.41 Å². The van der Waals surface area contributed by atoms with E-state index >= 15 is 0 Å². The van der Waals surface area contributed by atoms with Gasteiger partial charge < -0.3 is 10.6 Å². The van der Waals surface area contributed by atoms with Crippen LogP contribution in [0, 0.1) is 11.3 Å². The van der Waals surface area contributed by atoms with Crippen molar-refractivity contribution in [1.82, 2.24) is 10.6 Å². The van der Waals surface area contributed by atoms with Crippen molar-refractivity contribution < 1.29 is 0 Å². The first-order valence-corrected chi connectivity index (χ1v) is 5.96. The van der Waals surface area contributed by atoms with E-state index < -0.39 is 0 Å². The third-order valence-electron chi connectivity index (χ3n) is 3.75. The molecular formula is C12H26N2. The summed E-state index contributed by atoms with van der Waals surface area (Å²) >= 11 is 0. The highest BCUT2D eigenvalue weighted by Gasteiger charge is 2.23. The fourth-order valence-corrected chi connectivity index (χ4v) is 1.64. The molecule has 1 heterocycles. The van der Waals surface area contributed by atoms with Gasteiger partial charge in [0.05, 0.1) is 0 Å². The molecule has 1 aliphatic heterocycles. The molecule has 1 aliphatic rings. The Morgan fingerprint density at radius 3 is 2.36 bits per heavy atom. The van der Waals surface area contributed by atoms with Crippen molar-refractivity contribution >= 4 is 0 Å². The van der Waals surface area contributed by atoms with E-state index in [-0.39, 0.29) is 0 Å². The van der Waals surface area contributed by atoms with Crippen molar-refractivity contribution in [3.8, 4) is 0 Å². The number of rotatable bonds is 4. The number of hydrogen-bond acceptors (Lipinski definition) is 2. The van der Waals surface area contributed by atoms with Gasteiger partial charge in [-0.15, -0.1) is 0 Å². The van der Waals surface area contributed by atoms with Crippen LogP contribution in [0.2, 0.25) is 0 Å². The molecular weight excluding hydrogens is 172 g/mol. The topological polar surface area (TPSA) is 24.1 Å². The second-order valence-corrected chi connectivity index (χ2v) is 5.55. The normalized spacial score (nSPS) is 20.4. The van der Waals surface area contributed by atoms with Gasteiger partial charge >= 0.3 is 0 Å². The first kappa shape index (κ1) is 12.0. The van der Waals surface area contributed by atoms with Crippen molar-refractivity contribution in [2.24, 2.45) is 11.3 Å². The van der Waals surface area contributed by atoms with Crippen LogP contribution in [-0.4, -0.2) is 25.7 Å². The van der Waals surface area contributed by atoms with Gasteiger partial charge in [0.1, 0.15) is 0 Å². The lowest BCUT2D eigenvalue weighted by Crippen LogP contribution is -2.44. The molecule has 84 valence electrons. The van der Waals surface area contributed by atoms with Crippen molar-refractivity contribution in [3.63, 3.8) is 0 Å². The summed E-state index contributed by atoms with van der Waals surface area (Å²) in [4.78, 5) is 0. The predicted octanol–water partition coefficient (Wildman–Crippen LogP) is 2.01. The number of piperidine rings is 1. The largest absolute Gasteiger partial charge is 0.317 e. The molecule has 0 bridgehead atoms. The molecule has 0 aromatic heterocycles. The molecule has 0 unspecified atom stereocenters. The molecule has 0 amide bonds. The lowest BCUT2D eigenvalue weighted by atomic mass is 9.81. The van der Waals surface area contributed by atoms with E-state index in [0.717, 1.165) is 18.5 Å².